The summed E-state index contributed by atoms with van der Waals surface area (Å²) < 4.78 is 0. The van der Waals surface area contributed by atoms with E-state index >= 15 is 0 Å². The highest BCUT2D eigenvalue weighted by atomic mass is 35.5. The zero-order valence-corrected chi connectivity index (χ0v) is 11.3. The molecule has 0 bridgehead atoms. The Labute approximate surface area is 116 Å². The number of nitrogens with one attached hydrogen (secondary N) is 1. The summed E-state index contributed by atoms with van der Waals surface area (Å²) in [5.41, 5.74) is 8.87. The molecule has 0 saturated heterocycles. The van der Waals surface area contributed by atoms with Gasteiger partial charge in [0.2, 0.25) is 0 Å². The van der Waals surface area contributed by atoms with E-state index in [0.29, 0.717) is 10.7 Å². The van der Waals surface area contributed by atoms with Gasteiger partial charge >= 0.3 is 0 Å². The Bertz CT molecular complexity index is 599. The SMILES string of the molecule is Cc1ccc(Nc2cccnc2C(N)=S)cc1Cl. The molecule has 2 aromatic rings. The maximum Gasteiger partial charge on any atom is 0.124 e. The van der Waals surface area contributed by atoms with E-state index in [9.17, 15) is 0 Å². The van der Waals surface area contributed by atoms with Crippen LogP contribution in [0, 0.1) is 6.92 Å². The molecular formula is C13H12ClN3S. The van der Waals surface area contributed by atoms with Crippen LogP contribution in [-0.4, -0.2) is 9.97 Å². The van der Waals surface area contributed by atoms with Crippen molar-refractivity contribution in [2.75, 3.05) is 5.32 Å². The first-order valence-corrected chi connectivity index (χ1v) is 6.14. The van der Waals surface area contributed by atoms with E-state index in [4.69, 9.17) is 29.6 Å². The molecule has 0 aliphatic heterocycles. The molecule has 0 saturated carbocycles. The minimum Gasteiger partial charge on any atom is -0.388 e. The van der Waals surface area contributed by atoms with Crippen LogP contribution in [0.4, 0.5) is 11.4 Å². The van der Waals surface area contributed by atoms with Crippen molar-refractivity contribution in [3.8, 4) is 0 Å². The Morgan fingerprint density at radius 1 is 1.39 bits per heavy atom. The average Bonchev–Trinajstić information content (AvgIpc) is 2.34. The van der Waals surface area contributed by atoms with Crippen molar-refractivity contribution >= 4 is 40.2 Å². The summed E-state index contributed by atoms with van der Waals surface area (Å²) in [6.45, 7) is 1.95. The molecule has 3 nitrogen and oxygen atoms in total. The largest absolute Gasteiger partial charge is 0.388 e. The number of aromatic nitrogens is 1. The zero-order valence-electron chi connectivity index (χ0n) is 9.77. The first-order valence-electron chi connectivity index (χ1n) is 5.36. The van der Waals surface area contributed by atoms with Crippen LogP contribution in [0.25, 0.3) is 0 Å². The van der Waals surface area contributed by atoms with Crippen molar-refractivity contribution in [3.63, 3.8) is 0 Å². The third kappa shape index (κ3) is 2.78. The van der Waals surface area contributed by atoms with Crippen molar-refractivity contribution < 1.29 is 0 Å². The third-order valence-electron chi connectivity index (χ3n) is 2.49. The molecule has 0 amide bonds. The number of thiocarbonyl (C=S) groups is 1. The van der Waals surface area contributed by atoms with Crippen LogP contribution in [0.2, 0.25) is 5.02 Å². The fraction of sp³-hybridized carbons (Fsp3) is 0.0769. The molecule has 0 radical (unpaired) electrons. The fourth-order valence-electron chi connectivity index (χ4n) is 1.53. The number of hydrogen-bond donors (Lipinski definition) is 2. The van der Waals surface area contributed by atoms with Crippen LogP contribution in [0.15, 0.2) is 36.5 Å². The van der Waals surface area contributed by atoms with E-state index in [-0.39, 0.29) is 4.99 Å². The van der Waals surface area contributed by atoms with Gasteiger partial charge in [-0.05, 0) is 36.8 Å². The molecule has 0 spiro atoms. The van der Waals surface area contributed by atoms with Crippen molar-refractivity contribution in [3.05, 3.63) is 52.8 Å². The van der Waals surface area contributed by atoms with Crippen LogP contribution < -0.4 is 11.1 Å². The second-order valence-corrected chi connectivity index (χ2v) is 4.70. The fourth-order valence-corrected chi connectivity index (χ4v) is 1.87. The topological polar surface area (TPSA) is 50.9 Å². The number of hydrogen-bond acceptors (Lipinski definition) is 3. The summed E-state index contributed by atoms with van der Waals surface area (Å²) in [5, 5.41) is 3.92. The highest BCUT2D eigenvalue weighted by Crippen LogP contribution is 2.24. The molecule has 0 unspecified atom stereocenters. The molecule has 18 heavy (non-hydrogen) atoms. The minimum absolute atomic E-state index is 0.260. The van der Waals surface area contributed by atoms with Crippen LogP contribution in [-0.2, 0) is 0 Å². The Kier molecular flexibility index (Phi) is 3.79. The first-order chi connectivity index (χ1) is 8.58. The van der Waals surface area contributed by atoms with E-state index in [1.54, 1.807) is 6.20 Å². The monoisotopic (exact) mass is 277 g/mol. The summed E-state index contributed by atoms with van der Waals surface area (Å²) in [7, 11) is 0. The van der Waals surface area contributed by atoms with Crippen LogP contribution in [0.5, 0.6) is 0 Å². The van der Waals surface area contributed by atoms with Crippen molar-refractivity contribution in [1.29, 1.82) is 0 Å². The Balaban J connectivity index is 2.34. The smallest absolute Gasteiger partial charge is 0.124 e. The highest BCUT2D eigenvalue weighted by molar-refractivity contribution is 7.80. The molecule has 1 heterocycles. The molecule has 2 rings (SSSR count). The number of rotatable bonds is 3. The zero-order chi connectivity index (χ0) is 13.1. The molecular weight excluding hydrogens is 266 g/mol. The third-order valence-corrected chi connectivity index (χ3v) is 3.09. The summed E-state index contributed by atoms with van der Waals surface area (Å²) in [4.78, 5) is 4.41. The van der Waals surface area contributed by atoms with Gasteiger partial charge < -0.3 is 11.1 Å². The lowest BCUT2D eigenvalue weighted by Gasteiger charge is -2.11. The van der Waals surface area contributed by atoms with E-state index in [1.165, 1.54) is 0 Å². The average molecular weight is 278 g/mol. The normalized spacial score (nSPS) is 10.1. The predicted octanol–water partition coefficient (Wildman–Crippen LogP) is 3.42. The van der Waals surface area contributed by atoms with E-state index in [0.717, 1.165) is 16.9 Å². The second-order valence-electron chi connectivity index (χ2n) is 3.85. The summed E-state index contributed by atoms with van der Waals surface area (Å²) in [6.07, 6.45) is 1.65. The summed E-state index contributed by atoms with van der Waals surface area (Å²) >= 11 is 11.0. The molecule has 0 fully saturated rings. The number of nitrogens with zero attached hydrogens (tertiary/aromatic N) is 1. The van der Waals surface area contributed by atoms with Crippen LogP contribution in [0.3, 0.4) is 0 Å². The molecule has 1 aromatic heterocycles. The lowest BCUT2D eigenvalue weighted by molar-refractivity contribution is 1.28. The standard InChI is InChI=1S/C13H12ClN3S/c1-8-4-5-9(7-10(8)14)17-11-3-2-6-16-12(11)13(15)18/h2-7,17H,1H3,(H2,15,18). The lowest BCUT2D eigenvalue weighted by Crippen LogP contribution is -2.13. The molecule has 0 aliphatic carbocycles. The molecule has 1 aromatic carbocycles. The number of aryl methyl sites for hydroxylation is 1. The van der Waals surface area contributed by atoms with Gasteiger partial charge in [-0.1, -0.05) is 29.9 Å². The van der Waals surface area contributed by atoms with Gasteiger partial charge in [-0.2, -0.15) is 0 Å². The Hall–Kier alpha value is -1.65. The summed E-state index contributed by atoms with van der Waals surface area (Å²) in [6, 6.07) is 9.43. The first kappa shape index (κ1) is 12.8. The van der Waals surface area contributed by atoms with Crippen LogP contribution in [0.1, 0.15) is 11.3 Å². The molecule has 0 aliphatic rings. The number of pyridine rings is 1. The predicted molar refractivity (Wildman–Crippen MR) is 79.6 cm³/mol. The number of nitrogens with two attached hydrogens (primary N) is 1. The molecule has 3 N–H and O–H groups in total. The van der Waals surface area contributed by atoms with Gasteiger partial charge in [0, 0.05) is 16.9 Å². The van der Waals surface area contributed by atoms with Crippen molar-refractivity contribution in [2.24, 2.45) is 5.73 Å². The quantitative estimate of drug-likeness (QED) is 0.844. The van der Waals surface area contributed by atoms with Gasteiger partial charge in [0.1, 0.15) is 10.7 Å². The number of anilines is 2. The lowest BCUT2D eigenvalue weighted by atomic mass is 10.2. The van der Waals surface area contributed by atoms with Gasteiger partial charge in [0.25, 0.3) is 0 Å². The molecule has 92 valence electrons. The van der Waals surface area contributed by atoms with E-state index in [2.05, 4.69) is 10.3 Å². The van der Waals surface area contributed by atoms with Gasteiger partial charge in [0.15, 0.2) is 0 Å². The minimum atomic E-state index is 0.260. The van der Waals surface area contributed by atoms with Crippen molar-refractivity contribution in [2.45, 2.75) is 6.92 Å². The van der Waals surface area contributed by atoms with Gasteiger partial charge in [-0.25, -0.2) is 0 Å². The maximum absolute atomic E-state index is 6.08. The highest BCUT2D eigenvalue weighted by Gasteiger charge is 2.06. The second kappa shape index (κ2) is 5.33. The van der Waals surface area contributed by atoms with Gasteiger partial charge in [0.05, 0.1) is 5.69 Å². The maximum atomic E-state index is 6.08. The molecule has 5 heteroatoms. The number of benzene rings is 1. The van der Waals surface area contributed by atoms with Gasteiger partial charge in [-0.3, -0.25) is 4.98 Å². The van der Waals surface area contributed by atoms with Crippen LogP contribution >= 0.6 is 23.8 Å². The van der Waals surface area contributed by atoms with Crippen molar-refractivity contribution in [1.82, 2.24) is 4.98 Å². The van der Waals surface area contributed by atoms with E-state index in [1.807, 2.05) is 37.3 Å². The Morgan fingerprint density at radius 2 is 2.17 bits per heavy atom. The molecule has 0 atom stereocenters. The van der Waals surface area contributed by atoms with Gasteiger partial charge in [-0.15, -0.1) is 0 Å². The Morgan fingerprint density at radius 3 is 2.83 bits per heavy atom. The van der Waals surface area contributed by atoms with E-state index < -0.39 is 0 Å². The number of halogens is 1. The summed E-state index contributed by atoms with van der Waals surface area (Å²) in [5.74, 6) is 0.